The molecule has 7 heteroatoms. The molecule has 3 rings (SSSR count). The van der Waals surface area contributed by atoms with E-state index in [-0.39, 0.29) is 24.1 Å². The van der Waals surface area contributed by atoms with E-state index < -0.39 is 11.0 Å². The predicted octanol–water partition coefficient (Wildman–Crippen LogP) is 2.84. The summed E-state index contributed by atoms with van der Waals surface area (Å²) in [6.45, 7) is 2.50. The summed E-state index contributed by atoms with van der Waals surface area (Å²) in [5.41, 5.74) is 1.57. The Bertz CT molecular complexity index is 812. The number of ether oxygens (including phenoxy) is 1. The van der Waals surface area contributed by atoms with Crippen molar-refractivity contribution in [1.29, 1.82) is 0 Å². The molecule has 134 valence electrons. The van der Waals surface area contributed by atoms with Gasteiger partial charge in [0.25, 0.3) is 17.5 Å². The molecular formula is C19H18N2O5. The van der Waals surface area contributed by atoms with Gasteiger partial charge in [-0.2, -0.15) is 0 Å². The Kier molecular flexibility index (Phi) is 5.09. The van der Waals surface area contributed by atoms with Crippen molar-refractivity contribution >= 4 is 17.5 Å². The summed E-state index contributed by atoms with van der Waals surface area (Å²) in [5.74, 6) is -0.672. The quantitative estimate of drug-likeness (QED) is 0.433. The zero-order valence-corrected chi connectivity index (χ0v) is 14.3. The Hall–Kier alpha value is -3.06. The van der Waals surface area contributed by atoms with Gasteiger partial charge in [0.05, 0.1) is 28.7 Å². The van der Waals surface area contributed by atoms with E-state index >= 15 is 0 Å². The van der Waals surface area contributed by atoms with E-state index in [0.717, 1.165) is 5.56 Å². The fourth-order valence-electron chi connectivity index (χ4n) is 3.04. The molecule has 2 aromatic carbocycles. The molecule has 1 aliphatic rings. The molecule has 0 N–H and O–H groups in total. The van der Waals surface area contributed by atoms with Crippen molar-refractivity contribution in [2.45, 2.75) is 19.4 Å². The lowest BCUT2D eigenvalue weighted by Crippen LogP contribution is -2.44. The minimum atomic E-state index is -0.483. The number of hydrogen-bond acceptors (Lipinski definition) is 5. The molecule has 7 nitrogen and oxygen atoms in total. The number of benzene rings is 2. The van der Waals surface area contributed by atoms with Crippen molar-refractivity contribution in [3.63, 3.8) is 0 Å². The summed E-state index contributed by atoms with van der Waals surface area (Å²) in [6.07, 6.45) is 0.365. The number of non-ortho nitro benzene ring substituents is 1. The highest BCUT2D eigenvalue weighted by Crippen LogP contribution is 2.26. The molecule has 0 radical (unpaired) electrons. The van der Waals surface area contributed by atoms with Gasteiger partial charge in [0, 0.05) is 18.7 Å². The first-order valence-corrected chi connectivity index (χ1v) is 8.31. The predicted molar refractivity (Wildman–Crippen MR) is 94.0 cm³/mol. The summed E-state index contributed by atoms with van der Waals surface area (Å²) in [5, 5.41) is 10.8. The normalized spacial score (nSPS) is 14.4. The van der Waals surface area contributed by atoms with Gasteiger partial charge in [0.1, 0.15) is 0 Å². The smallest absolute Gasteiger partial charge is 0.269 e. The molecule has 1 unspecified atom stereocenters. The highest BCUT2D eigenvalue weighted by molar-refractivity contribution is 6.21. The molecule has 0 spiro atoms. The Morgan fingerprint density at radius 2 is 1.62 bits per heavy atom. The standard InChI is InChI=1S/C19H18N2O5/c1-2-26-12-15(11-13-7-9-14(10-8-13)21(24)25)20-18(22)16-5-3-4-6-17(16)19(20)23/h3-10,15H,2,11-12H2,1H3. The second kappa shape index (κ2) is 7.45. The number of imide groups is 1. The Balaban J connectivity index is 1.86. The van der Waals surface area contributed by atoms with E-state index in [0.29, 0.717) is 24.2 Å². The topological polar surface area (TPSA) is 89.8 Å². The second-order valence-electron chi connectivity index (χ2n) is 5.97. The number of nitro groups is 1. The molecule has 1 atom stereocenters. The lowest BCUT2D eigenvalue weighted by molar-refractivity contribution is -0.384. The highest BCUT2D eigenvalue weighted by atomic mass is 16.6. The fourth-order valence-corrected chi connectivity index (χ4v) is 3.04. The van der Waals surface area contributed by atoms with Crippen LogP contribution in [0, 0.1) is 10.1 Å². The average molecular weight is 354 g/mol. The molecule has 0 fully saturated rings. The lowest BCUT2D eigenvalue weighted by atomic mass is 10.0. The Labute approximate surface area is 150 Å². The number of carbonyl (C=O) groups excluding carboxylic acids is 2. The van der Waals surface area contributed by atoms with Crippen LogP contribution >= 0.6 is 0 Å². The van der Waals surface area contributed by atoms with E-state index in [9.17, 15) is 19.7 Å². The van der Waals surface area contributed by atoms with Crippen LogP contribution in [0.4, 0.5) is 5.69 Å². The molecule has 2 aromatic rings. The van der Waals surface area contributed by atoms with Gasteiger partial charge in [-0.25, -0.2) is 0 Å². The third-order valence-electron chi connectivity index (χ3n) is 4.32. The number of carbonyl (C=O) groups is 2. The molecule has 1 aliphatic heterocycles. The van der Waals surface area contributed by atoms with Crippen molar-refractivity contribution in [2.24, 2.45) is 0 Å². The van der Waals surface area contributed by atoms with Crippen molar-refractivity contribution < 1.29 is 19.2 Å². The van der Waals surface area contributed by atoms with E-state index in [1.165, 1.54) is 17.0 Å². The Morgan fingerprint density at radius 3 is 2.12 bits per heavy atom. The molecule has 0 aromatic heterocycles. The van der Waals surface area contributed by atoms with Gasteiger partial charge in [-0.3, -0.25) is 24.6 Å². The number of hydrogen-bond donors (Lipinski definition) is 0. The van der Waals surface area contributed by atoms with Crippen LogP contribution in [-0.2, 0) is 11.2 Å². The monoisotopic (exact) mass is 354 g/mol. The molecule has 0 saturated carbocycles. The molecule has 26 heavy (non-hydrogen) atoms. The van der Waals surface area contributed by atoms with Gasteiger partial charge >= 0.3 is 0 Å². The first-order valence-electron chi connectivity index (χ1n) is 8.31. The summed E-state index contributed by atoms with van der Waals surface area (Å²) >= 11 is 0. The molecular weight excluding hydrogens is 336 g/mol. The summed E-state index contributed by atoms with van der Waals surface area (Å²) < 4.78 is 5.48. The van der Waals surface area contributed by atoms with Crippen molar-refractivity contribution in [3.05, 3.63) is 75.3 Å². The van der Waals surface area contributed by atoms with Gasteiger partial charge in [-0.1, -0.05) is 24.3 Å². The first-order chi connectivity index (χ1) is 12.5. The van der Waals surface area contributed by atoms with Crippen LogP contribution in [0.2, 0.25) is 0 Å². The summed E-state index contributed by atoms with van der Waals surface area (Å²) in [4.78, 5) is 37.0. The minimum Gasteiger partial charge on any atom is -0.380 e. The third kappa shape index (κ3) is 3.34. The lowest BCUT2D eigenvalue weighted by Gasteiger charge is -2.26. The van der Waals surface area contributed by atoms with Crippen molar-refractivity contribution in [1.82, 2.24) is 4.90 Å². The maximum atomic E-state index is 12.7. The SMILES string of the molecule is CCOCC(Cc1ccc([N+](=O)[O-])cc1)N1C(=O)c2ccccc2C1=O. The number of amides is 2. The van der Waals surface area contributed by atoms with E-state index in [4.69, 9.17) is 4.74 Å². The molecule has 0 aliphatic carbocycles. The maximum absolute atomic E-state index is 12.7. The van der Waals surface area contributed by atoms with E-state index in [1.54, 1.807) is 36.4 Å². The summed E-state index contributed by atoms with van der Waals surface area (Å²) in [7, 11) is 0. The fraction of sp³-hybridized carbons (Fsp3) is 0.263. The second-order valence-corrected chi connectivity index (χ2v) is 5.97. The first kappa shape index (κ1) is 17.8. The zero-order chi connectivity index (χ0) is 18.7. The van der Waals surface area contributed by atoms with Gasteiger partial charge in [-0.05, 0) is 31.0 Å². The molecule has 0 bridgehead atoms. The molecule has 1 heterocycles. The van der Waals surface area contributed by atoms with Crippen LogP contribution in [0.5, 0.6) is 0 Å². The number of fused-ring (bicyclic) bond motifs is 1. The van der Waals surface area contributed by atoms with Gasteiger partial charge in [0.15, 0.2) is 0 Å². The van der Waals surface area contributed by atoms with E-state index in [2.05, 4.69) is 0 Å². The van der Waals surface area contributed by atoms with Crippen molar-refractivity contribution in [2.75, 3.05) is 13.2 Å². The maximum Gasteiger partial charge on any atom is 0.269 e. The van der Waals surface area contributed by atoms with Crippen LogP contribution in [0.1, 0.15) is 33.2 Å². The molecule has 0 saturated heterocycles. The van der Waals surface area contributed by atoms with Crippen LogP contribution < -0.4 is 0 Å². The van der Waals surface area contributed by atoms with Crippen LogP contribution in [0.25, 0.3) is 0 Å². The number of rotatable bonds is 7. The van der Waals surface area contributed by atoms with Crippen LogP contribution in [-0.4, -0.2) is 40.9 Å². The van der Waals surface area contributed by atoms with Gasteiger partial charge in [-0.15, -0.1) is 0 Å². The third-order valence-corrected chi connectivity index (χ3v) is 4.32. The minimum absolute atomic E-state index is 0.00385. The molecule has 2 amide bonds. The number of nitro benzene ring substituents is 1. The van der Waals surface area contributed by atoms with Gasteiger partial charge in [0.2, 0.25) is 0 Å². The van der Waals surface area contributed by atoms with E-state index in [1.807, 2.05) is 6.92 Å². The van der Waals surface area contributed by atoms with Crippen molar-refractivity contribution in [3.8, 4) is 0 Å². The summed E-state index contributed by atoms with van der Waals surface area (Å²) in [6, 6.07) is 12.3. The van der Waals surface area contributed by atoms with Crippen LogP contribution in [0.15, 0.2) is 48.5 Å². The largest absolute Gasteiger partial charge is 0.380 e. The highest BCUT2D eigenvalue weighted by Gasteiger charge is 2.39. The Morgan fingerprint density at radius 1 is 1.04 bits per heavy atom. The van der Waals surface area contributed by atoms with Crippen LogP contribution in [0.3, 0.4) is 0 Å². The number of nitrogens with zero attached hydrogens (tertiary/aromatic N) is 2. The van der Waals surface area contributed by atoms with Gasteiger partial charge < -0.3 is 4.74 Å². The average Bonchev–Trinajstić information content (AvgIpc) is 2.90. The zero-order valence-electron chi connectivity index (χ0n) is 14.3.